The highest BCUT2D eigenvalue weighted by Gasteiger charge is 2.14. The molecule has 1 fully saturated rings. The summed E-state index contributed by atoms with van der Waals surface area (Å²) in [5, 5.41) is 14.7. The quantitative estimate of drug-likeness (QED) is 0.843. The molecule has 6 heteroatoms. The van der Waals surface area contributed by atoms with Crippen molar-refractivity contribution in [1.29, 1.82) is 0 Å². The normalized spacial score (nSPS) is 15.5. The van der Waals surface area contributed by atoms with E-state index < -0.39 is 0 Å². The molecule has 2 aromatic rings. The fraction of sp³-hybridized carbons (Fsp3) is 0.438. The first-order valence-corrected chi connectivity index (χ1v) is 8.49. The Morgan fingerprint density at radius 1 is 1.18 bits per heavy atom. The van der Waals surface area contributed by atoms with Crippen LogP contribution in [0.3, 0.4) is 0 Å². The van der Waals surface area contributed by atoms with Crippen LogP contribution in [0.2, 0.25) is 0 Å². The largest absolute Gasteiger partial charge is 0.366 e. The molecule has 0 unspecified atom stereocenters. The van der Waals surface area contributed by atoms with Gasteiger partial charge in [-0.1, -0.05) is 41.3 Å². The van der Waals surface area contributed by atoms with Crippen LogP contribution in [-0.4, -0.2) is 21.2 Å². The minimum absolute atomic E-state index is 0.506. The van der Waals surface area contributed by atoms with E-state index in [4.69, 9.17) is 0 Å². The SMILES string of the molecule is Cc1ccc(Nc2nncc(NC3CCCCC3)n2)cc1Br. The topological polar surface area (TPSA) is 62.7 Å². The van der Waals surface area contributed by atoms with E-state index in [1.54, 1.807) is 6.20 Å². The summed E-state index contributed by atoms with van der Waals surface area (Å²) in [7, 11) is 0. The maximum absolute atomic E-state index is 4.50. The van der Waals surface area contributed by atoms with E-state index in [2.05, 4.69) is 48.7 Å². The first-order valence-electron chi connectivity index (χ1n) is 7.70. The Morgan fingerprint density at radius 3 is 2.77 bits per heavy atom. The monoisotopic (exact) mass is 361 g/mol. The Morgan fingerprint density at radius 2 is 2.00 bits per heavy atom. The predicted molar refractivity (Wildman–Crippen MR) is 92.5 cm³/mol. The van der Waals surface area contributed by atoms with Crippen LogP contribution in [0.1, 0.15) is 37.7 Å². The highest BCUT2D eigenvalue weighted by molar-refractivity contribution is 9.10. The van der Waals surface area contributed by atoms with Gasteiger partial charge in [0.05, 0.1) is 6.20 Å². The molecule has 1 heterocycles. The van der Waals surface area contributed by atoms with Crippen molar-refractivity contribution in [2.75, 3.05) is 10.6 Å². The van der Waals surface area contributed by atoms with Crippen molar-refractivity contribution in [3.8, 4) is 0 Å². The van der Waals surface area contributed by atoms with E-state index in [0.717, 1.165) is 16.0 Å². The molecule has 0 bridgehead atoms. The van der Waals surface area contributed by atoms with Crippen molar-refractivity contribution in [2.24, 2.45) is 0 Å². The first-order chi connectivity index (χ1) is 10.7. The van der Waals surface area contributed by atoms with Gasteiger partial charge in [0.2, 0.25) is 5.95 Å². The number of anilines is 3. The zero-order valence-corrected chi connectivity index (χ0v) is 14.2. The summed E-state index contributed by atoms with van der Waals surface area (Å²) in [5.74, 6) is 1.30. The van der Waals surface area contributed by atoms with Crippen LogP contribution in [0, 0.1) is 6.92 Å². The number of benzene rings is 1. The third-order valence-corrected chi connectivity index (χ3v) is 4.80. The third kappa shape index (κ3) is 3.94. The lowest BCUT2D eigenvalue weighted by Gasteiger charge is -2.23. The van der Waals surface area contributed by atoms with Gasteiger partial charge in [0.1, 0.15) is 0 Å². The van der Waals surface area contributed by atoms with Gasteiger partial charge in [-0.05, 0) is 37.5 Å². The molecule has 0 saturated heterocycles. The molecule has 2 N–H and O–H groups in total. The van der Waals surface area contributed by atoms with Crippen LogP contribution in [0.15, 0.2) is 28.9 Å². The Hall–Kier alpha value is -1.69. The molecule has 1 aliphatic carbocycles. The summed E-state index contributed by atoms with van der Waals surface area (Å²) in [6.45, 7) is 2.06. The lowest BCUT2D eigenvalue weighted by Crippen LogP contribution is -2.23. The Bertz CT molecular complexity index is 640. The summed E-state index contributed by atoms with van der Waals surface area (Å²) in [5.41, 5.74) is 2.13. The van der Waals surface area contributed by atoms with E-state index in [-0.39, 0.29) is 0 Å². The van der Waals surface area contributed by atoms with Gasteiger partial charge in [0.15, 0.2) is 5.82 Å². The number of nitrogens with one attached hydrogen (secondary N) is 2. The Balaban J connectivity index is 1.68. The molecule has 5 nitrogen and oxygen atoms in total. The number of hydrogen-bond donors (Lipinski definition) is 2. The maximum atomic E-state index is 4.50. The van der Waals surface area contributed by atoms with Gasteiger partial charge in [-0.3, -0.25) is 0 Å². The van der Waals surface area contributed by atoms with Crippen molar-refractivity contribution in [1.82, 2.24) is 15.2 Å². The first kappa shape index (κ1) is 15.2. The third-order valence-electron chi connectivity index (χ3n) is 3.94. The predicted octanol–water partition coefficient (Wildman–Crippen LogP) is 4.43. The molecule has 3 rings (SSSR count). The molecule has 22 heavy (non-hydrogen) atoms. The van der Waals surface area contributed by atoms with Crippen molar-refractivity contribution < 1.29 is 0 Å². The zero-order chi connectivity index (χ0) is 15.4. The molecule has 1 saturated carbocycles. The number of rotatable bonds is 4. The fourth-order valence-electron chi connectivity index (χ4n) is 2.68. The number of nitrogens with zero attached hydrogens (tertiary/aromatic N) is 3. The Labute approximate surface area is 139 Å². The molecule has 1 aliphatic rings. The number of halogens is 1. The zero-order valence-electron chi connectivity index (χ0n) is 12.6. The van der Waals surface area contributed by atoms with Gasteiger partial charge in [-0.2, -0.15) is 10.1 Å². The summed E-state index contributed by atoms with van der Waals surface area (Å²) in [6.07, 6.45) is 8.02. The lowest BCUT2D eigenvalue weighted by molar-refractivity contribution is 0.461. The van der Waals surface area contributed by atoms with Gasteiger partial charge in [-0.25, -0.2) is 0 Å². The molecular formula is C16H20BrN5. The summed E-state index contributed by atoms with van der Waals surface area (Å²) in [6, 6.07) is 6.57. The fourth-order valence-corrected chi connectivity index (χ4v) is 3.06. The molecule has 0 aliphatic heterocycles. The van der Waals surface area contributed by atoms with Crippen LogP contribution in [0.25, 0.3) is 0 Å². The number of aromatic nitrogens is 3. The van der Waals surface area contributed by atoms with Crippen molar-refractivity contribution in [3.05, 3.63) is 34.4 Å². The molecule has 0 spiro atoms. The molecular weight excluding hydrogens is 342 g/mol. The van der Waals surface area contributed by atoms with Gasteiger partial charge in [-0.15, -0.1) is 5.10 Å². The molecule has 0 atom stereocenters. The van der Waals surface area contributed by atoms with E-state index in [1.807, 2.05) is 18.2 Å². The smallest absolute Gasteiger partial charge is 0.249 e. The van der Waals surface area contributed by atoms with Gasteiger partial charge in [0, 0.05) is 16.2 Å². The highest BCUT2D eigenvalue weighted by Crippen LogP contribution is 2.23. The van der Waals surface area contributed by atoms with Crippen LogP contribution in [0.5, 0.6) is 0 Å². The minimum Gasteiger partial charge on any atom is -0.366 e. The average molecular weight is 362 g/mol. The van der Waals surface area contributed by atoms with Gasteiger partial charge < -0.3 is 10.6 Å². The van der Waals surface area contributed by atoms with E-state index in [0.29, 0.717) is 12.0 Å². The number of hydrogen-bond acceptors (Lipinski definition) is 5. The summed E-state index contributed by atoms with van der Waals surface area (Å²) >= 11 is 3.53. The van der Waals surface area contributed by atoms with Crippen LogP contribution in [-0.2, 0) is 0 Å². The molecule has 1 aromatic heterocycles. The standard InChI is InChI=1S/C16H20BrN5/c1-11-7-8-13(9-14(11)17)20-16-21-15(10-18-22-16)19-12-5-3-2-4-6-12/h7-10,12H,2-6H2,1H3,(H2,19,20,21,22). The second-order valence-corrected chi connectivity index (χ2v) is 6.59. The summed E-state index contributed by atoms with van der Waals surface area (Å²) < 4.78 is 1.06. The maximum Gasteiger partial charge on any atom is 0.249 e. The van der Waals surface area contributed by atoms with Gasteiger partial charge in [0.25, 0.3) is 0 Å². The summed E-state index contributed by atoms with van der Waals surface area (Å²) in [4.78, 5) is 4.50. The van der Waals surface area contributed by atoms with Crippen LogP contribution in [0.4, 0.5) is 17.5 Å². The van der Waals surface area contributed by atoms with Crippen molar-refractivity contribution in [3.63, 3.8) is 0 Å². The second-order valence-electron chi connectivity index (χ2n) is 5.73. The van der Waals surface area contributed by atoms with E-state index in [1.165, 1.54) is 37.7 Å². The molecule has 116 valence electrons. The van der Waals surface area contributed by atoms with E-state index in [9.17, 15) is 0 Å². The number of aryl methyl sites for hydroxylation is 1. The van der Waals surface area contributed by atoms with Crippen LogP contribution >= 0.6 is 15.9 Å². The van der Waals surface area contributed by atoms with Crippen LogP contribution < -0.4 is 10.6 Å². The lowest BCUT2D eigenvalue weighted by atomic mass is 9.96. The second kappa shape index (κ2) is 7.05. The molecule has 0 amide bonds. The highest BCUT2D eigenvalue weighted by atomic mass is 79.9. The minimum atomic E-state index is 0.506. The van der Waals surface area contributed by atoms with Gasteiger partial charge >= 0.3 is 0 Å². The average Bonchev–Trinajstić information content (AvgIpc) is 2.52. The van der Waals surface area contributed by atoms with E-state index >= 15 is 0 Å². The van der Waals surface area contributed by atoms with Crippen molar-refractivity contribution >= 4 is 33.4 Å². The molecule has 1 aromatic carbocycles. The Kier molecular flexibility index (Phi) is 4.87. The molecule has 0 radical (unpaired) electrons. The van der Waals surface area contributed by atoms with Crippen molar-refractivity contribution in [2.45, 2.75) is 45.1 Å².